The van der Waals surface area contributed by atoms with Crippen LogP contribution in [0.1, 0.15) is 63.3 Å². The SMILES string of the molecule is CCc1nc2ccccc2cc1C(=O)N[C@@H](CSSC(C)(C)C)C(=O)N[C@H](C(=O)N[C@@H](Cc1c[nH]cn1)C(=O)NCC(N)=O)C(C)C. The molecule has 0 aliphatic heterocycles. The molecule has 0 unspecified atom stereocenters. The number of primary amides is 1. The Labute approximate surface area is 282 Å². The minimum Gasteiger partial charge on any atom is -0.368 e. The summed E-state index contributed by atoms with van der Waals surface area (Å²) in [5, 5.41) is 11.6. The molecule has 0 radical (unpaired) electrons. The zero-order chi connectivity index (χ0) is 34.7. The van der Waals surface area contributed by atoms with Gasteiger partial charge in [-0.1, -0.05) is 81.3 Å². The van der Waals surface area contributed by atoms with Crippen molar-refractivity contribution in [3.63, 3.8) is 0 Å². The lowest BCUT2D eigenvalue weighted by atomic mass is 10.0. The van der Waals surface area contributed by atoms with Crippen LogP contribution in [0.4, 0.5) is 0 Å². The van der Waals surface area contributed by atoms with Crippen LogP contribution in [0.15, 0.2) is 42.9 Å². The molecular formula is C32H44N8O5S2. The van der Waals surface area contributed by atoms with Gasteiger partial charge in [0.15, 0.2) is 0 Å². The Morgan fingerprint density at radius 2 is 1.70 bits per heavy atom. The van der Waals surface area contributed by atoms with E-state index >= 15 is 0 Å². The van der Waals surface area contributed by atoms with Crippen molar-refractivity contribution in [1.29, 1.82) is 0 Å². The number of hydrogen-bond acceptors (Lipinski definition) is 9. The van der Waals surface area contributed by atoms with Crippen LogP contribution >= 0.6 is 21.6 Å². The van der Waals surface area contributed by atoms with Gasteiger partial charge in [0.05, 0.1) is 35.3 Å². The summed E-state index contributed by atoms with van der Waals surface area (Å²) in [6, 6.07) is 6.12. The number of carbonyl (C=O) groups is 5. The van der Waals surface area contributed by atoms with E-state index in [1.54, 1.807) is 36.9 Å². The number of nitrogens with two attached hydrogens (primary N) is 1. The number of carbonyl (C=O) groups excluding carboxylic acids is 5. The van der Waals surface area contributed by atoms with Crippen molar-refractivity contribution in [2.45, 2.75) is 77.3 Å². The van der Waals surface area contributed by atoms with Crippen LogP contribution in [0, 0.1) is 5.92 Å². The first kappa shape index (κ1) is 37.3. The van der Waals surface area contributed by atoms with E-state index in [-0.39, 0.29) is 22.8 Å². The predicted octanol–water partition coefficient (Wildman–Crippen LogP) is 2.27. The van der Waals surface area contributed by atoms with Crippen LogP contribution in [0.25, 0.3) is 10.9 Å². The van der Waals surface area contributed by atoms with E-state index in [0.29, 0.717) is 23.4 Å². The van der Waals surface area contributed by atoms with Crippen molar-refractivity contribution in [3.05, 3.63) is 59.8 Å². The van der Waals surface area contributed by atoms with Crippen molar-refractivity contribution in [2.75, 3.05) is 12.3 Å². The molecule has 13 nitrogen and oxygen atoms in total. The lowest BCUT2D eigenvalue weighted by Crippen LogP contribution is -2.59. The normalized spacial score (nSPS) is 13.4. The average Bonchev–Trinajstić information content (AvgIpc) is 3.53. The standard InChI is InChI=1S/C32H44N8O5S2/c1-7-22-21(12-19-10-8-9-11-23(19)37-22)28(42)39-25(16-46-47-32(4,5)6)30(44)40-27(18(2)3)31(45)38-24(13-20-14-34-17-36-20)29(43)35-15-26(33)41/h8-12,14,17-18,24-25,27H,7,13,15-16H2,1-6H3,(H2,33,41)(H,34,36)(H,35,43)(H,38,45)(H,39,42)(H,40,44)/t24-,25-,27-/m0/s1. The van der Waals surface area contributed by atoms with Gasteiger partial charge in [-0.05, 0) is 24.5 Å². The number of aryl methyl sites for hydroxylation is 1. The molecule has 0 saturated carbocycles. The van der Waals surface area contributed by atoms with Gasteiger partial charge in [0.2, 0.25) is 23.6 Å². The van der Waals surface area contributed by atoms with E-state index in [1.165, 1.54) is 17.1 Å². The number of nitrogens with zero attached hydrogens (tertiary/aromatic N) is 2. The fourth-order valence-corrected chi connectivity index (χ4v) is 6.95. The van der Waals surface area contributed by atoms with Crippen molar-refractivity contribution in [3.8, 4) is 0 Å². The molecule has 3 rings (SSSR count). The zero-order valence-corrected chi connectivity index (χ0v) is 29.1. The van der Waals surface area contributed by atoms with E-state index < -0.39 is 54.2 Å². The van der Waals surface area contributed by atoms with Crippen molar-refractivity contribution >= 4 is 62.0 Å². The van der Waals surface area contributed by atoms with E-state index in [9.17, 15) is 24.0 Å². The second kappa shape index (κ2) is 17.2. The molecule has 2 heterocycles. The summed E-state index contributed by atoms with van der Waals surface area (Å²) in [6.07, 6.45) is 3.56. The van der Waals surface area contributed by atoms with Crippen LogP contribution in [-0.2, 0) is 32.0 Å². The molecular weight excluding hydrogens is 641 g/mol. The summed E-state index contributed by atoms with van der Waals surface area (Å²) >= 11 is 0. The molecule has 7 N–H and O–H groups in total. The summed E-state index contributed by atoms with van der Waals surface area (Å²) in [4.78, 5) is 76.8. The zero-order valence-electron chi connectivity index (χ0n) is 27.5. The van der Waals surface area contributed by atoms with Gasteiger partial charge >= 0.3 is 0 Å². The van der Waals surface area contributed by atoms with E-state index in [0.717, 1.165) is 10.9 Å². The Morgan fingerprint density at radius 3 is 2.32 bits per heavy atom. The Hall–Kier alpha value is -4.11. The predicted molar refractivity (Wildman–Crippen MR) is 185 cm³/mol. The summed E-state index contributed by atoms with van der Waals surface area (Å²) < 4.78 is -0.105. The molecule has 0 spiro atoms. The molecule has 3 aromatic rings. The molecule has 0 saturated heterocycles. The van der Waals surface area contributed by atoms with Crippen LogP contribution < -0.4 is 27.0 Å². The monoisotopic (exact) mass is 684 g/mol. The fourth-order valence-electron chi connectivity index (χ4n) is 4.49. The molecule has 0 aliphatic carbocycles. The largest absolute Gasteiger partial charge is 0.368 e. The van der Waals surface area contributed by atoms with Gasteiger partial charge in [-0.3, -0.25) is 29.0 Å². The molecule has 0 bridgehead atoms. The first-order valence-electron chi connectivity index (χ1n) is 15.3. The first-order chi connectivity index (χ1) is 22.2. The maximum atomic E-state index is 13.8. The number of nitrogens with one attached hydrogen (secondary N) is 5. The summed E-state index contributed by atoms with van der Waals surface area (Å²) in [6.45, 7) is 11.2. The van der Waals surface area contributed by atoms with Crippen molar-refractivity contribution in [2.24, 2.45) is 11.7 Å². The van der Waals surface area contributed by atoms with Gasteiger partial charge in [-0.25, -0.2) is 4.98 Å². The second-order valence-electron chi connectivity index (χ2n) is 12.3. The van der Waals surface area contributed by atoms with E-state index in [4.69, 9.17) is 5.73 Å². The van der Waals surface area contributed by atoms with Gasteiger partial charge in [0, 0.05) is 28.5 Å². The van der Waals surface area contributed by atoms with Gasteiger partial charge in [-0.2, -0.15) is 0 Å². The molecule has 0 aliphatic rings. The van der Waals surface area contributed by atoms with Crippen LogP contribution in [0.2, 0.25) is 0 Å². The second-order valence-corrected chi connectivity index (χ2v) is 15.4. The molecule has 47 heavy (non-hydrogen) atoms. The summed E-state index contributed by atoms with van der Waals surface area (Å²) in [7, 11) is 3.01. The first-order valence-corrected chi connectivity index (χ1v) is 17.6. The highest BCUT2D eigenvalue weighted by Gasteiger charge is 2.32. The lowest BCUT2D eigenvalue weighted by Gasteiger charge is -2.27. The smallest absolute Gasteiger partial charge is 0.253 e. The molecule has 254 valence electrons. The highest BCUT2D eigenvalue weighted by molar-refractivity contribution is 8.77. The molecule has 2 aromatic heterocycles. The fraction of sp³-hybridized carbons (Fsp3) is 0.469. The summed E-state index contributed by atoms with van der Waals surface area (Å²) in [5.74, 6) is -3.14. The third-order valence-corrected chi connectivity index (χ3v) is 10.2. The van der Waals surface area contributed by atoms with Crippen LogP contribution in [0.3, 0.4) is 0 Å². The maximum absolute atomic E-state index is 13.8. The lowest BCUT2D eigenvalue weighted by molar-refractivity contribution is -0.133. The number of rotatable bonds is 16. The summed E-state index contributed by atoms with van der Waals surface area (Å²) in [5.41, 5.74) is 7.43. The Kier molecular flexibility index (Phi) is 13.6. The number of para-hydroxylation sites is 1. The number of H-pyrrole nitrogens is 1. The van der Waals surface area contributed by atoms with Gasteiger partial charge < -0.3 is 32.0 Å². The number of amides is 5. The number of imidazole rings is 1. The number of aromatic nitrogens is 3. The quantitative estimate of drug-likeness (QED) is 0.122. The number of benzene rings is 1. The molecule has 0 fully saturated rings. The third-order valence-electron chi connectivity index (χ3n) is 6.83. The Morgan fingerprint density at radius 1 is 0.979 bits per heavy atom. The molecule has 1 aromatic carbocycles. The molecule has 3 atom stereocenters. The highest BCUT2D eigenvalue weighted by Crippen LogP contribution is 2.35. The third kappa shape index (κ3) is 11.6. The van der Waals surface area contributed by atoms with Crippen LogP contribution in [0.5, 0.6) is 0 Å². The van der Waals surface area contributed by atoms with Crippen molar-refractivity contribution in [1.82, 2.24) is 36.2 Å². The minimum absolute atomic E-state index is 0.0253. The topological polar surface area (TPSA) is 201 Å². The number of aromatic amines is 1. The van der Waals surface area contributed by atoms with Gasteiger partial charge in [-0.15, -0.1) is 0 Å². The highest BCUT2D eigenvalue weighted by atomic mass is 33.1. The van der Waals surface area contributed by atoms with Crippen molar-refractivity contribution < 1.29 is 24.0 Å². The average molecular weight is 685 g/mol. The number of pyridine rings is 1. The molecule has 5 amide bonds. The minimum atomic E-state index is -1.11. The van der Waals surface area contributed by atoms with Crippen LogP contribution in [-0.4, -0.2) is 79.7 Å². The van der Waals surface area contributed by atoms with Gasteiger partial charge in [0.25, 0.3) is 5.91 Å². The van der Waals surface area contributed by atoms with E-state index in [2.05, 4.69) is 36.2 Å². The Balaban J connectivity index is 1.83. The number of fused-ring (bicyclic) bond motifs is 1. The maximum Gasteiger partial charge on any atom is 0.253 e. The molecule has 15 heteroatoms. The number of hydrogen-bond donors (Lipinski definition) is 6. The van der Waals surface area contributed by atoms with Gasteiger partial charge in [0.1, 0.15) is 18.1 Å². The van der Waals surface area contributed by atoms with E-state index in [1.807, 2.05) is 52.0 Å². The Bertz CT molecular complexity index is 1560.